The van der Waals surface area contributed by atoms with Crippen LogP contribution in [0.4, 0.5) is 0 Å². The molecule has 3 aromatic rings. The first-order valence-electron chi connectivity index (χ1n) is 8.79. The first kappa shape index (κ1) is 19.2. The molecule has 2 N–H and O–H groups in total. The lowest BCUT2D eigenvalue weighted by atomic mass is 10.1. The molecule has 0 radical (unpaired) electrons. The van der Waals surface area contributed by atoms with E-state index in [9.17, 15) is 14.7 Å². The number of benzene rings is 2. The van der Waals surface area contributed by atoms with Crippen LogP contribution in [0.2, 0.25) is 0 Å². The second-order valence-corrected chi connectivity index (χ2v) is 6.32. The molecule has 0 spiro atoms. The van der Waals surface area contributed by atoms with Gasteiger partial charge >= 0.3 is 0 Å². The van der Waals surface area contributed by atoms with Gasteiger partial charge in [0.25, 0.3) is 11.5 Å². The number of hydrogen-bond acceptors (Lipinski definition) is 5. The molecule has 1 amide bonds. The molecular weight excluding hydrogens is 358 g/mol. The lowest BCUT2D eigenvalue weighted by Gasteiger charge is -2.10. The number of carbonyl (C=O) groups is 1. The molecule has 0 saturated carbocycles. The lowest BCUT2D eigenvalue weighted by molar-refractivity contribution is 0.0944. The van der Waals surface area contributed by atoms with E-state index in [4.69, 9.17) is 4.74 Å². The van der Waals surface area contributed by atoms with Crippen LogP contribution in [0.1, 0.15) is 21.6 Å². The quantitative estimate of drug-likeness (QED) is 0.685. The van der Waals surface area contributed by atoms with Gasteiger partial charge in [0.2, 0.25) is 0 Å². The molecule has 1 heterocycles. The Morgan fingerprint density at radius 1 is 1.18 bits per heavy atom. The van der Waals surface area contributed by atoms with Crippen LogP contribution < -0.4 is 15.6 Å². The minimum atomic E-state index is -0.549. The van der Waals surface area contributed by atoms with Crippen LogP contribution in [0.25, 0.3) is 5.69 Å². The minimum Gasteiger partial charge on any atom is -0.505 e. The number of methoxy groups -OCH3 is 1. The number of amides is 1. The predicted octanol–water partition coefficient (Wildman–Crippen LogP) is 2.23. The maximum Gasteiger partial charge on any atom is 0.275 e. The summed E-state index contributed by atoms with van der Waals surface area (Å²) in [6, 6.07) is 15.7. The van der Waals surface area contributed by atoms with Crippen molar-refractivity contribution in [3.05, 3.63) is 81.8 Å². The molecule has 144 valence electrons. The largest absolute Gasteiger partial charge is 0.505 e. The summed E-state index contributed by atoms with van der Waals surface area (Å²) in [5.74, 6) is -0.233. The lowest BCUT2D eigenvalue weighted by Crippen LogP contribution is -2.30. The van der Waals surface area contributed by atoms with Crippen molar-refractivity contribution in [2.45, 2.75) is 13.3 Å². The van der Waals surface area contributed by atoms with E-state index < -0.39 is 17.2 Å². The van der Waals surface area contributed by atoms with Crippen LogP contribution >= 0.6 is 0 Å². The molecule has 0 aliphatic rings. The Kier molecular flexibility index (Phi) is 5.74. The van der Waals surface area contributed by atoms with E-state index >= 15 is 0 Å². The van der Waals surface area contributed by atoms with Crippen molar-refractivity contribution in [2.75, 3.05) is 13.7 Å². The summed E-state index contributed by atoms with van der Waals surface area (Å²) in [5, 5.41) is 16.8. The van der Waals surface area contributed by atoms with E-state index in [1.165, 1.54) is 0 Å². The van der Waals surface area contributed by atoms with Crippen LogP contribution in [0.15, 0.2) is 59.4 Å². The maximum absolute atomic E-state index is 12.4. The summed E-state index contributed by atoms with van der Waals surface area (Å²) in [6.07, 6.45) is 0.605. The average Bonchev–Trinajstić information content (AvgIpc) is 2.68. The Morgan fingerprint density at radius 3 is 2.61 bits per heavy atom. The van der Waals surface area contributed by atoms with Gasteiger partial charge in [-0.15, -0.1) is 0 Å². The second kappa shape index (κ2) is 8.39. The Labute approximate surface area is 162 Å². The number of aryl methyl sites for hydroxylation is 1. The summed E-state index contributed by atoms with van der Waals surface area (Å²) < 4.78 is 6.22. The monoisotopic (exact) mass is 379 g/mol. The molecule has 0 aliphatic carbocycles. The zero-order valence-corrected chi connectivity index (χ0v) is 15.7. The summed E-state index contributed by atoms with van der Waals surface area (Å²) in [6.45, 7) is 2.25. The molecule has 0 atom stereocenters. The zero-order chi connectivity index (χ0) is 20.1. The molecule has 7 heteroatoms. The molecule has 1 aromatic heterocycles. The van der Waals surface area contributed by atoms with E-state index in [1.807, 2.05) is 37.3 Å². The fourth-order valence-corrected chi connectivity index (χ4v) is 2.75. The summed E-state index contributed by atoms with van der Waals surface area (Å²) in [7, 11) is 1.60. The Morgan fingerprint density at radius 2 is 1.93 bits per heavy atom. The smallest absolute Gasteiger partial charge is 0.275 e. The van der Waals surface area contributed by atoms with Crippen LogP contribution in [-0.4, -0.2) is 34.4 Å². The molecular formula is C21H21N3O4. The van der Waals surface area contributed by atoms with Crippen molar-refractivity contribution >= 4 is 5.91 Å². The van der Waals surface area contributed by atoms with Crippen LogP contribution in [0.3, 0.4) is 0 Å². The van der Waals surface area contributed by atoms with Gasteiger partial charge in [0.05, 0.1) is 12.8 Å². The number of hydrogen-bond donors (Lipinski definition) is 2. The first-order chi connectivity index (χ1) is 13.5. The topological polar surface area (TPSA) is 93.5 Å². The highest BCUT2D eigenvalue weighted by molar-refractivity contribution is 5.94. The van der Waals surface area contributed by atoms with E-state index in [2.05, 4.69) is 10.4 Å². The Bertz CT molecular complexity index is 1040. The van der Waals surface area contributed by atoms with Crippen molar-refractivity contribution in [1.29, 1.82) is 0 Å². The molecule has 0 aliphatic heterocycles. The molecule has 0 unspecified atom stereocenters. The van der Waals surface area contributed by atoms with Crippen molar-refractivity contribution in [3.8, 4) is 17.2 Å². The highest BCUT2D eigenvalue weighted by Gasteiger charge is 2.16. The van der Waals surface area contributed by atoms with Gasteiger partial charge in [0, 0.05) is 12.6 Å². The molecule has 0 saturated heterocycles. The van der Waals surface area contributed by atoms with E-state index in [0.717, 1.165) is 27.6 Å². The predicted molar refractivity (Wildman–Crippen MR) is 105 cm³/mol. The van der Waals surface area contributed by atoms with Crippen LogP contribution in [0.5, 0.6) is 11.5 Å². The van der Waals surface area contributed by atoms with Crippen LogP contribution in [-0.2, 0) is 6.42 Å². The average molecular weight is 379 g/mol. The second-order valence-electron chi connectivity index (χ2n) is 6.32. The van der Waals surface area contributed by atoms with E-state index in [1.54, 1.807) is 25.3 Å². The van der Waals surface area contributed by atoms with Gasteiger partial charge in [-0.1, -0.05) is 24.3 Å². The fourth-order valence-electron chi connectivity index (χ4n) is 2.75. The summed E-state index contributed by atoms with van der Waals surface area (Å²) in [4.78, 5) is 24.6. The summed E-state index contributed by atoms with van der Waals surface area (Å²) in [5.41, 5.74) is 1.79. The van der Waals surface area contributed by atoms with Gasteiger partial charge in [-0.2, -0.15) is 9.78 Å². The van der Waals surface area contributed by atoms with Gasteiger partial charge in [-0.25, -0.2) is 0 Å². The van der Waals surface area contributed by atoms with Crippen molar-refractivity contribution in [2.24, 2.45) is 0 Å². The van der Waals surface area contributed by atoms with Crippen LogP contribution in [0, 0.1) is 6.92 Å². The van der Waals surface area contributed by atoms with E-state index in [0.29, 0.717) is 18.7 Å². The molecule has 0 fully saturated rings. The van der Waals surface area contributed by atoms with Crippen molar-refractivity contribution in [1.82, 2.24) is 15.1 Å². The van der Waals surface area contributed by atoms with Gasteiger partial charge in [-0.05, 0) is 48.7 Å². The molecule has 0 bridgehead atoms. The molecule has 7 nitrogen and oxygen atoms in total. The molecule has 3 rings (SSSR count). The van der Waals surface area contributed by atoms with Gasteiger partial charge in [-0.3, -0.25) is 9.59 Å². The standard InChI is InChI=1S/C21H21N3O4/c1-14-4-3-5-16(12-14)24-19(26)13-18(25)20(23-24)21(27)22-11-10-15-6-8-17(28-2)9-7-15/h3-9,12-13,25H,10-11H2,1-2H3,(H,22,27). The number of nitrogens with zero attached hydrogens (tertiary/aromatic N) is 2. The number of rotatable bonds is 6. The maximum atomic E-state index is 12.4. The summed E-state index contributed by atoms with van der Waals surface area (Å²) >= 11 is 0. The van der Waals surface area contributed by atoms with Gasteiger partial charge < -0.3 is 15.2 Å². The third-order valence-electron chi connectivity index (χ3n) is 4.23. The van der Waals surface area contributed by atoms with Crippen molar-refractivity contribution in [3.63, 3.8) is 0 Å². The SMILES string of the molecule is COc1ccc(CCNC(=O)c2nn(-c3cccc(C)c3)c(=O)cc2O)cc1. The number of aromatic hydroxyl groups is 1. The third-order valence-corrected chi connectivity index (χ3v) is 4.23. The first-order valence-corrected chi connectivity index (χ1v) is 8.79. The van der Waals surface area contributed by atoms with Crippen molar-refractivity contribution < 1.29 is 14.6 Å². The normalized spacial score (nSPS) is 10.5. The van der Waals surface area contributed by atoms with E-state index in [-0.39, 0.29) is 5.69 Å². The number of ether oxygens (including phenoxy) is 1. The number of aromatic nitrogens is 2. The fraction of sp³-hybridized carbons (Fsp3) is 0.190. The Hall–Kier alpha value is -3.61. The highest BCUT2D eigenvalue weighted by atomic mass is 16.5. The minimum absolute atomic E-state index is 0.198. The Balaban J connectivity index is 1.74. The zero-order valence-electron chi connectivity index (χ0n) is 15.7. The van der Waals surface area contributed by atoms with Gasteiger partial charge in [0.15, 0.2) is 11.4 Å². The third kappa shape index (κ3) is 4.37. The molecule has 2 aromatic carbocycles. The number of nitrogens with one attached hydrogen (secondary N) is 1. The number of carbonyl (C=O) groups excluding carboxylic acids is 1. The highest BCUT2D eigenvalue weighted by Crippen LogP contribution is 2.14. The van der Waals surface area contributed by atoms with Gasteiger partial charge in [0.1, 0.15) is 5.75 Å². The molecule has 28 heavy (non-hydrogen) atoms.